The molecule has 1 saturated carbocycles. The molecular weight excluding hydrogens is 260 g/mol. The standard InChI is InChI=1S/C14H16N2O4/c1-16(11-4-5-11)13(17)9-20-12-6-2-10(15-8-12)3-7-14(18)19/h2-3,6-8,11H,4-5,9H2,1H3,(H,18,19). The fourth-order valence-corrected chi connectivity index (χ4v) is 1.64. The van der Waals surface area contributed by atoms with Crippen molar-refractivity contribution in [1.82, 2.24) is 9.88 Å². The highest BCUT2D eigenvalue weighted by molar-refractivity contribution is 5.84. The van der Waals surface area contributed by atoms with E-state index < -0.39 is 5.97 Å². The number of aromatic nitrogens is 1. The Morgan fingerprint density at radius 1 is 1.50 bits per heavy atom. The fraction of sp³-hybridized carbons (Fsp3) is 0.357. The lowest BCUT2D eigenvalue weighted by Crippen LogP contribution is -2.33. The summed E-state index contributed by atoms with van der Waals surface area (Å²) in [5.74, 6) is -0.599. The maximum atomic E-state index is 11.7. The van der Waals surface area contributed by atoms with E-state index in [1.54, 1.807) is 24.1 Å². The van der Waals surface area contributed by atoms with Crippen LogP contribution in [0.25, 0.3) is 6.08 Å². The first kappa shape index (κ1) is 14.0. The summed E-state index contributed by atoms with van der Waals surface area (Å²) in [6.45, 7) is -0.0149. The number of pyridine rings is 1. The summed E-state index contributed by atoms with van der Waals surface area (Å²) in [5, 5.41) is 8.50. The monoisotopic (exact) mass is 276 g/mol. The number of aliphatic carboxylic acids is 1. The summed E-state index contributed by atoms with van der Waals surface area (Å²) >= 11 is 0. The second-order valence-corrected chi connectivity index (χ2v) is 4.61. The number of amides is 1. The zero-order chi connectivity index (χ0) is 14.5. The van der Waals surface area contributed by atoms with Gasteiger partial charge in [0.2, 0.25) is 0 Å². The van der Waals surface area contributed by atoms with Gasteiger partial charge >= 0.3 is 5.97 Å². The van der Waals surface area contributed by atoms with Crippen LogP contribution >= 0.6 is 0 Å². The predicted molar refractivity (Wildman–Crippen MR) is 72.2 cm³/mol. The van der Waals surface area contributed by atoms with Crippen molar-refractivity contribution in [1.29, 1.82) is 0 Å². The van der Waals surface area contributed by atoms with E-state index in [9.17, 15) is 9.59 Å². The molecule has 1 N–H and O–H groups in total. The Morgan fingerprint density at radius 2 is 2.25 bits per heavy atom. The summed E-state index contributed by atoms with van der Waals surface area (Å²) < 4.78 is 5.35. The first-order valence-corrected chi connectivity index (χ1v) is 6.32. The number of nitrogens with zero attached hydrogens (tertiary/aromatic N) is 2. The molecule has 1 aromatic rings. The average Bonchev–Trinajstić information content (AvgIpc) is 3.27. The summed E-state index contributed by atoms with van der Waals surface area (Å²) in [6.07, 6.45) is 5.99. The van der Waals surface area contributed by atoms with Gasteiger partial charge in [-0.2, -0.15) is 0 Å². The van der Waals surface area contributed by atoms with Gasteiger partial charge in [-0.1, -0.05) is 0 Å². The van der Waals surface area contributed by atoms with E-state index in [1.807, 2.05) is 0 Å². The molecule has 20 heavy (non-hydrogen) atoms. The van der Waals surface area contributed by atoms with Crippen LogP contribution < -0.4 is 4.74 Å². The highest BCUT2D eigenvalue weighted by Crippen LogP contribution is 2.25. The molecular formula is C14H16N2O4. The third-order valence-electron chi connectivity index (χ3n) is 3.01. The van der Waals surface area contributed by atoms with Crippen molar-refractivity contribution < 1.29 is 19.4 Å². The van der Waals surface area contributed by atoms with Crippen molar-refractivity contribution in [2.24, 2.45) is 0 Å². The molecule has 106 valence electrons. The van der Waals surface area contributed by atoms with E-state index in [0.717, 1.165) is 18.9 Å². The molecule has 0 bridgehead atoms. The molecule has 0 spiro atoms. The van der Waals surface area contributed by atoms with E-state index in [1.165, 1.54) is 12.3 Å². The van der Waals surface area contributed by atoms with E-state index in [4.69, 9.17) is 9.84 Å². The van der Waals surface area contributed by atoms with Crippen LogP contribution in [0.1, 0.15) is 18.5 Å². The Hall–Kier alpha value is -2.37. The Labute approximate surface area is 116 Å². The van der Waals surface area contributed by atoms with Gasteiger partial charge in [0.1, 0.15) is 5.75 Å². The molecule has 1 aromatic heterocycles. The van der Waals surface area contributed by atoms with Crippen LogP contribution in [0.2, 0.25) is 0 Å². The predicted octanol–water partition coefficient (Wildman–Crippen LogP) is 1.18. The third kappa shape index (κ3) is 4.08. The van der Waals surface area contributed by atoms with E-state index in [0.29, 0.717) is 17.5 Å². The number of carbonyl (C=O) groups is 2. The van der Waals surface area contributed by atoms with Crippen LogP contribution in [0.15, 0.2) is 24.4 Å². The van der Waals surface area contributed by atoms with Crippen molar-refractivity contribution in [3.63, 3.8) is 0 Å². The summed E-state index contributed by atoms with van der Waals surface area (Å²) in [6, 6.07) is 3.65. The number of rotatable bonds is 6. The summed E-state index contributed by atoms with van der Waals surface area (Å²) in [7, 11) is 1.78. The first-order chi connectivity index (χ1) is 9.56. The molecule has 1 heterocycles. The van der Waals surface area contributed by atoms with Crippen LogP contribution in [0.5, 0.6) is 5.75 Å². The molecule has 0 saturated heterocycles. The number of carboxylic acid groups (broad SMARTS) is 1. The van der Waals surface area contributed by atoms with E-state index in [2.05, 4.69) is 4.98 Å². The molecule has 0 aliphatic heterocycles. The Bertz CT molecular complexity index is 520. The molecule has 1 aliphatic carbocycles. The molecule has 0 aromatic carbocycles. The molecule has 1 fully saturated rings. The van der Waals surface area contributed by atoms with Crippen molar-refractivity contribution in [2.75, 3.05) is 13.7 Å². The number of hydrogen-bond acceptors (Lipinski definition) is 4. The topological polar surface area (TPSA) is 79.7 Å². The smallest absolute Gasteiger partial charge is 0.328 e. The number of carboxylic acids is 1. The van der Waals surface area contributed by atoms with Gasteiger partial charge < -0.3 is 14.7 Å². The molecule has 0 unspecified atom stereocenters. The zero-order valence-corrected chi connectivity index (χ0v) is 11.2. The molecule has 1 aliphatic rings. The lowest BCUT2D eigenvalue weighted by molar-refractivity contribution is -0.133. The summed E-state index contributed by atoms with van der Waals surface area (Å²) in [5.41, 5.74) is 0.515. The minimum atomic E-state index is -1.03. The van der Waals surface area contributed by atoms with Gasteiger partial charge in [0.15, 0.2) is 6.61 Å². The Morgan fingerprint density at radius 3 is 2.80 bits per heavy atom. The Kier molecular flexibility index (Phi) is 4.34. The fourth-order valence-electron chi connectivity index (χ4n) is 1.64. The quantitative estimate of drug-likeness (QED) is 0.789. The third-order valence-corrected chi connectivity index (χ3v) is 3.01. The van der Waals surface area contributed by atoms with Gasteiger partial charge in [-0.3, -0.25) is 9.78 Å². The average molecular weight is 276 g/mol. The lowest BCUT2D eigenvalue weighted by Gasteiger charge is -2.16. The number of ether oxygens (including phenoxy) is 1. The molecule has 6 nitrogen and oxygen atoms in total. The molecule has 0 radical (unpaired) electrons. The molecule has 6 heteroatoms. The second kappa shape index (κ2) is 6.18. The van der Waals surface area contributed by atoms with Crippen molar-refractivity contribution >= 4 is 18.0 Å². The van der Waals surface area contributed by atoms with Crippen molar-refractivity contribution in [2.45, 2.75) is 18.9 Å². The molecule has 2 rings (SSSR count). The van der Waals surface area contributed by atoms with Gasteiger partial charge in [0, 0.05) is 19.2 Å². The number of likely N-dealkylation sites (N-methyl/N-ethyl adjacent to an activating group) is 1. The minimum absolute atomic E-state index is 0.0149. The largest absolute Gasteiger partial charge is 0.482 e. The van der Waals surface area contributed by atoms with Gasteiger partial charge in [-0.25, -0.2) is 4.79 Å². The van der Waals surface area contributed by atoms with Gasteiger partial charge in [-0.15, -0.1) is 0 Å². The van der Waals surface area contributed by atoms with Gasteiger partial charge in [0.25, 0.3) is 5.91 Å². The molecule has 1 amide bonds. The lowest BCUT2D eigenvalue weighted by atomic mass is 10.3. The van der Waals surface area contributed by atoms with Gasteiger partial charge in [0.05, 0.1) is 11.9 Å². The Balaban J connectivity index is 1.84. The van der Waals surface area contributed by atoms with Crippen LogP contribution in [0, 0.1) is 0 Å². The van der Waals surface area contributed by atoms with Gasteiger partial charge in [-0.05, 0) is 31.1 Å². The zero-order valence-electron chi connectivity index (χ0n) is 11.2. The summed E-state index contributed by atoms with van der Waals surface area (Å²) in [4.78, 5) is 27.8. The van der Waals surface area contributed by atoms with Crippen LogP contribution in [-0.2, 0) is 9.59 Å². The van der Waals surface area contributed by atoms with Crippen molar-refractivity contribution in [3.8, 4) is 5.75 Å². The normalized spacial score (nSPS) is 14.2. The van der Waals surface area contributed by atoms with Crippen LogP contribution in [0.4, 0.5) is 0 Å². The second-order valence-electron chi connectivity index (χ2n) is 4.61. The highest BCUT2D eigenvalue weighted by Gasteiger charge is 2.29. The van der Waals surface area contributed by atoms with Crippen LogP contribution in [-0.4, -0.2) is 46.6 Å². The first-order valence-electron chi connectivity index (χ1n) is 6.32. The van der Waals surface area contributed by atoms with Crippen LogP contribution in [0.3, 0.4) is 0 Å². The number of hydrogen-bond donors (Lipinski definition) is 1. The van der Waals surface area contributed by atoms with E-state index in [-0.39, 0.29) is 12.5 Å². The minimum Gasteiger partial charge on any atom is -0.482 e. The van der Waals surface area contributed by atoms with E-state index >= 15 is 0 Å². The highest BCUT2D eigenvalue weighted by atomic mass is 16.5. The number of carbonyl (C=O) groups excluding carboxylic acids is 1. The maximum absolute atomic E-state index is 11.7. The molecule has 0 atom stereocenters. The SMILES string of the molecule is CN(C(=O)COc1ccc(C=CC(=O)O)nc1)C1CC1. The maximum Gasteiger partial charge on any atom is 0.328 e. The van der Waals surface area contributed by atoms with Crippen molar-refractivity contribution in [3.05, 3.63) is 30.1 Å².